The van der Waals surface area contributed by atoms with Crippen molar-refractivity contribution in [1.82, 2.24) is 9.21 Å². The molecule has 1 saturated heterocycles. The second kappa shape index (κ2) is 7.75. The number of β-amino-alcohol motifs (C(OH)–C–C–N with tert-alkyl or cyclic N) is 1. The van der Waals surface area contributed by atoms with Crippen molar-refractivity contribution in [3.63, 3.8) is 0 Å². The minimum absolute atomic E-state index is 0.0766. The quantitative estimate of drug-likeness (QED) is 0.857. The number of nitrogens with zero attached hydrogens (tertiary/aromatic N) is 2. The van der Waals surface area contributed by atoms with E-state index in [9.17, 15) is 13.5 Å². The molecule has 23 heavy (non-hydrogen) atoms. The highest BCUT2D eigenvalue weighted by Crippen LogP contribution is 2.21. The Balaban J connectivity index is 1.86. The van der Waals surface area contributed by atoms with Crippen LogP contribution in [0.2, 0.25) is 0 Å². The van der Waals surface area contributed by atoms with E-state index in [1.54, 1.807) is 14.0 Å². The molecule has 0 aliphatic carbocycles. The van der Waals surface area contributed by atoms with Crippen LogP contribution < -0.4 is 0 Å². The standard InChI is InChI=1S/C17H28N2O3S/c1-4-23(21,22)18(3)16-9-11-19(12-10-16)13-17(20)15-7-5-14(2)6-8-15/h5-8,16-17,20H,4,9-13H2,1-3H3. The first-order valence-electron chi connectivity index (χ1n) is 8.26. The van der Waals surface area contributed by atoms with E-state index < -0.39 is 16.1 Å². The highest BCUT2D eigenvalue weighted by Gasteiger charge is 2.29. The molecule has 1 aliphatic rings. The molecule has 1 N–H and O–H groups in total. The molecule has 1 fully saturated rings. The van der Waals surface area contributed by atoms with E-state index >= 15 is 0 Å². The summed E-state index contributed by atoms with van der Waals surface area (Å²) in [7, 11) is -1.44. The predicted octanol–water partition coefficient (Wildman–Crippen LogP) is 1.77. The molecular weight excluding hydrogens is 312 g/mol. The van der Waals surface area contributed by atoms with Crippen molar-refractivity contribution >= 4 is 10.0 Å². The van der Waals surface area contributed by atoms with E-state index in [1.165, 1.54) is 9.87 Å². The van der Waals surface area contributed by atoms with Crippen LogP contribution in [0, 0.1) is 6.92 Å². The lowest BCUT2D eigenvalue weighted by molar-refractivity contribution is 0.0871. The third-order valence-electron chi connectivity index (χ3n) is 4.77. The van der Waals surface area contributed by atoms with Gasteiger partial charge >= 0.3 is 0 Å². The Labute approximate surface area is 140 Å². The van der Waals surface area contributed by atoms with Crippen molar-refractivity contribution in [1.29, 1.82) is 0 Å². The largest absolute Gasteiger partial charge is 0.387 e. The van der Waals surface area contributed by atoms with Crippen LogP contribution in [-0.2, 0) is 10.0 Å². The van der Waals surface area contributed by atoms with Gasteiger partial charge in [-0.2, -0.15) is 0 Å². The number of piperidine rings is 1. The van der Waals surface area contributed by atoms with Crippen molar-refractivity contribution in [3.8, 4) is 0 Å². The molecular formula is C17H28N2O3S. The summed E-state index contributed by atoms with van der Waals surface area (Å²) in [6.45, 7) is 5.94. The lowest BCUT2D eigenvalue weighted by Crippen LogP contribution is -2.46. The average molecular weight is 340 g/mol. The maximum atomic E-state index is 11.9. The van der Waals surface area contributed by atoms with Gasteiger partial charge in [-0.3, -0.25) is 0 Å². The third-order valence-corrected chi connectivity index (χ3v) is 6.67. The number of rotatable bonds is 6. The number of hydrogen-bond donors (Lipinski definition) is 1. The number of aliphatic hydroxyl groups is 1. The molecule has 1 aromatic rings. The molecule has 0 aromatic heterocycles. The summed E-state index contributed by atoms with van der Waals surface area (Å²) in [5.41, 5.74) is 2.12. The molecule has 1 atom stereocenters. The molecule has 6 heteroatoms. The Bertz CT molecular complexity index is 593. The van der Waals surface area contributed by atoms with Crippen molar-refractivity contribution in [2.75, 3.05) is 32.4 Å². The Morgan fingerprint density at radius 1 is 1.26 bits per heavy atom. The Hall–Kier alpha value is -0.950. The van der Waals surface area contributed by atoms with E-state index in [2.05, 4.69) is 4.90 Å². The summed E-state index contributed by atoms with van der Waals surface area (Å²) in [6.07, 6.45) is 1.14. The van der Waals surface area contributed by atoms with Crippen LogP contribution >= 0.6 is 0 Å². The maximum Gasteiger partial charge on any atom is 0.213 e. The number of hydrogen-bond acceptors (Lipinski definition) is 4. The topological polar surface area (TPSA) is 60.9 Å². The van der Waals surface area contributed by atoms with Gasteiger partial charge in [0.15, 0.2) is 0 Å². The summed E-state index contributed by atoms with van der Waals surface area (Å²) in [6, 6.07) is 8.03. The fourth-order valence-corrected chi connectivity index (χ4v) is 4.11. The fourth-order valence-electron chi connectivity index (χ4n) is 3.03. The molecule has 130 valence electrons. The normalized spacial score (nSPS) is 19.2. The van der Waals surface area contributed by atoms with E-state index in [1.807, 2.05) is 31.2 Å². The van der Waals surface area contributed by atoms with Gasteiger partial charge in [0.25, 0.3) is 0 Å². The van der Waals surface area contributed by atoms with E-state index in [-0.39, 0.29) is 11.8 Å². The van der Waals surface area contributed by atoms with Crippen molar-refractivity contribution in [2.24, 2.45) is 0 Å². The van der Waals surface area contributed by atoms with Crippen LogP contribution in [0.4, 0.5) is 0 Å². The van der Waals surface area contributed by atoms with Gasteiger partial charge < -0.3 is 10.0 Å². The molecule has 1 unspecified atom stereocenters. The van der Waals surface area contributed by atoms with Crippen molar-refractivity contribution in [2.45, 2.75) is 38.8 Å². The van der Waals surface area contributed by atoms with Gasteiger partial charge in [0, 0.05) is 19.6 Å². The molecule has 2 rings (SSSR count). The van der Waals surface area contributed by atoms with Crippen LogP contribution in [0.1, 0.15) is 37.0 Å². The summed E-state index contributed by atoms with van der Waals surface area (Å²) in [5, 5.41) is 10.4. The van der Waals surface area contributed by atoms with Crippen LogP contribution in [0.15, 0.2) is 24.3 Å². The minimum Gasteiger partial charge on any atom is -0.387 e. The van der Waals surface area contributed by atoms with Gasteiger partial charge in [0.2, 0.25) is 10.0 Å². The third kappa shape index (κ3) is 4.76. The monoisotopic (exact) mass is 340 g/mol. The van der Waals surface area contributed by atoms with Gasteiger partial charge in [0.1, 0.15) is 0 Å². The van der Waals surface area contributed by atoms with Crippen LogP contribution in [0.3, 0.4) is 0 Å². The highest BCUT2D eigenvalue weighted by atomic mass is 32.2. The summed E-state index contributed by atoms with van der Waals surface area (Å²) < 4.78 is 25.4. The first kappa shape index (κ1) is 18.4. The zero-order chi connectivity index (χ0) is 17.0. The zero-order valence-electron chi connectivity index (χ0n) is 14.3. The molecule has 5 nitrogen and oxygen atoms in total. The number of aliphatic hydroxyl groups excluding tert-OH is 1. The summed E-state index contributed by atoms with van der Waals surface area (Å²) in [4.78, 5) is 2.22. The van der Waals surface area contributed by atoms with Gasteiger partial charge in [-0.15, -0.1) is 0 Å². The Kier molecular flexibility index (Phi) is 6.19. The van der Waals surface area contributed by atoms with E-state index in [0.717, 1.165) is 31.5 Å². The number of benzene rings is 1. The number of aryl methyl sites for hydroxylation is 1. The van der Waals surface area contributed by atoms with Gasteiger partial charge in [-0.25, -0.2) is 12.7 Å². The lowest BCUT2D eigenvalue weighted by Gasteiger charge is -2.36. The average Bonchev–Trinajstić information content (AvgIpc) is 2.55. The van der Waals surface area contributed by atoms with Gasteiger partial charge in [-0.05, 0) is 45.3 Å². The van der Waals surface area contributed by atoms with Crippen molar-refractivity contribution < 1.29 is 13.5 Å². The minimum atomic E-state index is -3.12. The number of sulfonamides is 1. The molecule has 1 aliphatic heterocycles. The smallest absolute Gasteiger partial charge is 0.213 e. The summed E-state index contributed by atoms with van der Waals surface area (Å²) in [5.74, 6) is 0.149. The van der Waals surface area contributed by atoms with Gasteiger partial charge in [0.05, 0.1) is 11.9 Å². The van der Waals surface area contributed by atoms with Crippen LogP contribution in [-0.4, -0.2) is 61.2 Å². The lowest BCUT2D eigenvalue weighted by atomic mass is 10.0. The second-order valence-electron chi connectivity index (χ2n) is 6.38. The first-order chi connectivity index (χ1) is 10.8. The van der Waals surface area contributed by atoms with Crippen molar-refractivity contribution in [3.05, 3.63) is 35.4 Å². The first-order valence-corrected chi connectivity index (χ1v) is 9.87. The fraction of sp³-hybridized carbons (Fsp3) is 0.647. The Morgan fingerprint density at radius 2 is 1.83 bits per heavy atom. The molecule has 1 heterocycles. The Morgan fingerprint density at radius 3 is 2.35 bits per heavy atom. The molecule has 0 amide bonds. The predicted molar refractivity (Wildman–Crippen MR) is 92.8 cm³/mol. The molecule has 1 aromatic carbocycles. The molecule has 0 bridgehead atoms. The number of likely N-dealkylation sites (tertiary alicyclic amines) is 1. The molecule has 0 saturated carbocycles. The van der Waals surface area contributed by atoms with E-state index in [4.69, 9.17) is 0 Å². The summed E-state index contributed by atoms with van der Waals surface area (Å²) >= 11 is 0. The van der Waals surface area contributed by atoms with E-state index in [0.29, 0.717) is 6.54 Å². The zero-order valence-corrected chi connectivity index (χ0v) is 15.1. The SMILES string of the molecule is CCS(=O)(=O)N(C)C1CCN(CC(O)c2ccc(C)cc2)CC1. The van der Waals surface area contributed by atoms with Crippen LogP contribution in [0.5, 0.6) is 0 Å². The van der Waals surface area contributed by atoms with Gasteiger partial charge in [-0.1, -0.05) is 29.8 Å². The maximum absolute atomic E-state index is 11.9. The molecule has 0 radical (unpaired) electrons. The van der Waals surface area contributed by atoms with Crippen LogP contribution in [0.25, 0.3) is 0 Å². The second-order valence-corrected chi connectivity index (χ2v) is 8.69. The molecule has 0 spiro atoms. The highest BCUT2D eigenvalue weighted by molar-refractivity contribution is 7.89.